The van der Waals surface area contributed by atoms with Crippen LogP contribution in [0.15, 0.2) is 61.2 Å². The molecule has 160 valence electrons. The average Bonchev–Trinajstić information content (AvgIpc) is 3.29. The van der Waals surface area contributed by atoms with Crippen molar-refractivity contribution in [1.29, 1.82) is 0 Å². The van der Waals surface area contributed by atoms with Crippen molar-refractivity contribution < 1.29 is 14.7 Å². The highest BCUT2D eigenvalue weighted by atomic mass is 32.2. The first-order valence-electron chi connectivity index (χ1n) is 9.88. The first-order valence-corrected chi connectivity index (χ1v) is 11.3. The van der Waals surface area contributed by atoms with Crippen LogP contribution in [0.25, 0.3) is 23.4 Å². The van der Waals surface area contributed by atoms with Crippen molar-refractivity contribution in [3.8, 4) is 11.1 Å². The van der Waals surface area contributed by atoms with Crippen molar-refractivity contribution >= 4 is 35.9 Å². The number of hydrogen-bond acceptors (Lipinski definition) is 4. The van der Waals surface area contributed by atoms with Crippen LogP contribution in [0.5, 0.6) is 0 Å². The molecule has 0 saturated carbocycles. The molecule has 3 aromatic rings. The highest BCUT2D eigenvalue weighted by Crippen LogP contribution is 2.29. The van der Waals surface area contributed by atoms with Crippen molar-refractivity contribution in [3.63, 3.8) is 0 Å². The second-order valence-electron chi connectivity index (χ2n) is 7.09. The SMILES string of the molecule is CSCC[C@H](NC(=O)c1ccc(/C=C/n2ccnc2)cc1-c1ccccc1C)C(=O)O. The van der Waals surface area contributed by atoms with Crippen molar-refractivity contribution in [2.75, 3.05) is 12.0 Å². The number of aromatic nitrogens is 2. The lowest BCUT2D eigenvalue weighted by Crippen LogP contribution is -2.41. The van der Waals surface area contributed by atoms with E-state index in [0.717, 1.165) is 22.3 Å². The molecule has 0 aliphatic carbocycles. The molecule has 1 aromatic heterocycles. The fourth-order valence-corrected chi connectivity index (χ4v) is 3.69. The van der Waals surface area contributed by atoms with Crippen LogP contribution in [0.1, 0.15) is 27.9 Å². The topological polar surface area (TPSA) is 84.2 Å². The van der Waals surface area contributed by atoms with E-state index in [9.17, 15) is 14.7 Å². The Labute approximate surface area is 186 Å². The number of carbonyl (C=O) groups excluding carboxylic acids is 1. The maximum atomic E-state index is 13.1. The minimum Gasteiger partial charge on any atom is -0.480 e. The smallest absolute Gasteiger partial charge is 0.326 e. The predicted molar refractivity (Wildman–Crippen MR) is 126 cm³/mol. The summed E-state index contributed by atoms with van der Waals surface area (Å²) in [5, 5.41) is 12.2. The highest BCUT2D eigenvalue weighted by Gasteiger charge is 2.22. The molecule has 0 fully saturated rings. The van der Waals surface area contributed by atoms with Gasteiger partial charge in [-0.1, -0.05) is 30.3 Å². The maximum Gasteiger partial charge on any atom is 0.326 e. The standard InChI is InChI=1S/C24H25N3O3S/c1-17-5-3-4-6-19(17)21-15-18(9-12-27-13-11-25-16-27)7-8-20(21)23(28)26-22(24(29)30)10-14-31-2/h3-9,11-13,15-16,22H,10,14H2,1-2H3,(H,26,28)(H,29,30)/b12-9+/t22-/m0/s1. The molecular weight excluding hydrogens is 410 g/mol. The molecule has 6 nitrogen and oxygen atoms in total. The average molecular weight is 436 g/mol. The third-order valence-corrected chi connectivity index (χ3v) is 5.55. The summed E-state index contributed by atoms with van der Waals surface area (Å²) in [6.45, 7) is 1.99. The predicted octanol–water partition coefficient (Wildman–Crippen LogP) is 4.42. The number of carbonyl (C=O) groups is 2. The van der Waals surface area contributed by atoms with Gasteiger partial charge in [0, 0.05) is 24.2 Å². The van der Waals surface area contributed by atoms with Gasteiger partial charge in [0.1, 0.15) is 6.04 Å². The molecule has 0 aliphatic heterocycles. The third kappa shape index (κ3) is 5.86. The molecule has 0 aliphatic rings. The quantitative estimate of drug-likeness (QED) is 0.520. The van der Waals surface area contributed by atoms with Crippen molar-refractivity contribution in [2.45, 2.75) is 19.4 Å². The van der Waals surface area contributed by atoms with Crippen LogP contribution in [0.2, 0.25) is 0 Å². The van der Waals surface area contributed by atoms with Gasteiger partial charge in [-0.05, 0) is 65.8 Å². The van der Waals surface area contributed by atoms with E-state index in [2.05, 4.69) is 10.3 Å². The molecule has 2 N–H and O–H groups in total. The Kier molecular flexibility index (Phi) is 7.67. The molecule has 2 aromatic carbocycles. The van der Waals surface area contributed by atoms with E-state index in [1.807, 2.05) is 72.6 Å². The Morgan fingerprint density at radius 2 is 2.03 bits per heavy atom. The van der Waals surface area contributed by atoms with Gasteiger partial charge in [-0.3, -0.25) is 4.79 Å². The minimum atomic E-state index is -1.03. The molecule has 1 atom stereocenters. The van der Waals surface area contributed by atoms with Gasteiger partial charge < -0.3 is 15.0 Å². The zero-order valence-electron chi connectivity index (χ0n) is 17.5. The monoisotopic (exact) mass is 435 g/mol. The van der Waals surface area contributed by atoms with Gasteiger partial charge in [0.2, 0.25) is 0 Å². The fraction of sp³-hybridized carbons (Fsp3) is 0.208. The lowest BCUT2D eigenvalue weighted by Gasteiger charge is -2.17. The number of rotatable bonds is 9. The Morgan fingerprint density at radius 1 is 1.23 bits per heavy atom. The van der Waals surface area contributed by atoms with Gasteiger partial charge >= 0.3 is 5.97 Å². The number of nitrogens with zero attached hydrogens (tertiary/aromatic N) is 2. The van der Waals surface area contributed by atoms with Crippen LogP contribution in [-0.4, -0.2) is 44.6 Å². The van der Waals surface area contributed by atoms with Crippen molar-refractivity contribution in [1.82, 2.24) is 14.9 Å². The highest BCUT2D eigenvalue weighted by molar-refractivity contribution is 7.98. The molecule has 0 bridgehead atoms. The number of imidazole rings is 1. The number of amides is 1. The van der Waals surface area contributed by atoms with Crippen LogP contribution >= 0.6 is 11.8 Å². The van der Waals surface area contributed by atoms with E-state index in [1.165, 1.54) is 0 Å². The summed E-state index contributed by atoms with van der Waals surface area (Å²) in [5.74, 6) is -0.767. The van der Waals surface area contributed by atoms with E-state index in [-0.39, 0.29) is 0 Å². The van der Waals surface area contributed by atoms with Gasteiger partial charge in [0.15, 0.2) is 0 Å². The van der Waals surface area contributed by atoms with Crippen LogP contribution < -0.4 is 5.32 Å². The van der Waals surface area contributed by atoms with Gasteiger partial charge in [-0.15, -0.1) is 0 Å². The summed E-state index contributed by atoms with van der Waals surface area (Å²) in [5.41, 5.74) is 4.09. The maximum absolute atomic E-state index is 13.1. The Bertz CT molecular complexity index is 1080. The first-order chi connectivity index (χ1) is 15.0. The van der Waals surface area contributed by atoms with Crippen molar-refractivity contribution in [2.24, 2.45) is 0 Å². The summed E-state index contributed by atoms with van der Waals surface area (Å²) in [4.78, 5) is 28.7. The molecule has 0 unspecified atom stereocenters. The summed E-state index contributed by atoms with van der Waals surface area (Å²) in [6, 6.07) is 12.4. The van der Waals surface area contributed by atoms with Crippen LogP contribution in [0.4, 0.5) is 0 Å². The minimum absolute atomic E-state index is 0.369. The van der Waals surface area contributed by atoms with Crippen molar-refractivity contribution in [3.05, 3.63) is 77.9 Å². The summed E-state index contributed by atoms with van der Waals surface area (Å²) >= 11 is 1.55. The van der Waals surface area contributed by atoms with Gasteiger partial charge in [-0.2, -0.15) is 11.8 Å². The molecule has 7 heteroatoms. The van der Waals surface area contributed by atoms with E-state index in [4.69, 9.17) is 0 Å². The normalized spacial score (nSPS) is 12.1. The lowest BCUT2D eigenvalue weighted by molar-refractivity contribution is -0.139. The molecular formula is C24H25N3O3S. The zero-order valence-corrected chi connectivity index (χ0v) is 18.3. The number of carboxylic acids is 1. The lowest BCUT2D eigenvalue weighted by atomic mass is 9.93. The summed E-state index contributed by atoms with van der Waals surface area (Å²) in [6.07, 6.45) is 11.3. The molecule has 0 saturated heterocycles. The third-order valence-electron chi connectivity index (χ3n) is 4.90. The van der Waals surface area contributed by atoms with Gasteiger partial charge in [0.25, 0.3) is 5.91 Å². The van der Waals surface area contributed by atoms with Gasteiger partial charge in [0.05, 0.1) is 6.33 Å². The summed E-state index contributed by atoms with van der Waals surface area (Å²) in [7, 11) is 0. The number of aliphatic carboxylic acids is 1. The van der Waals surface area contributed by atoms with E-state index in [0.29, 0.717) is 17.7 Å². The molecule has 3 rings (SSSR count). The Hall–Kier alpha value is -3.32. The van der Waals surface area contributed by atoms with E-state index < -0.39 is 17.9 Å². The number of hydrogen-bond donors (Lipinski definition) is 2. The summed E-state index contributed by atoms with van der Waals surface area (Å²) < 4.78 is 1.83. The Balaban J connectivity index is 1.97. The molecule has 1 heterocycles. The number of nitrogens with one attached hydrogen (secondary N) is 1. The molecule has 1 amide bonds. The number of thioether (sulfide) groups is 1. The molecule has 0 radical (unpaired) electrons. The zero-order chi connectivity index (χ0) is 22.2. The van der Waals surface area contributed by atoms with Crippen LogP contribution in [-0.2, 0) is 4.79 Å². The number of benzene rings is 2. The first kappa shape index (κ1) is 22.4. The second-order valence-corrected chi connectivity index (χ2v) is 8.08. The van der Waals surface area contributed by atoms with Crippen LogP contribution in [0, 0.1) is 6.92 Å². The fourth-order valence-electron chi connectivity index (χ4n) is 3.22. The van der Waals surface area contributed by atoms with E-state index in [1.54, 1.807) is 30.4 Å². The van der Waals surface area contributed by atoms with Crippen LogP contribution in [0.3, 0.4) is 0 Å². The Morgan fingerprint density at radius 3 is 2.71 bits per heavy atom. The van der Waals surface area contributed by atoms with Gasteiger partial charge in [-0.25, -0.2) is 9.78 Å². The largest absolute Gasteiger partial charge is 0.480 e. The van der Waals surface area contributed by atoms with E-state index >= 15 is 0 Å². The number of carboxylic acid groups (broad SMARTS) is 1. The second kappa shape index (κ2) is 10.6. The molecule has 0 spiro atoms. The molecule has 31 heavy (non-hydrogen) atoms. The number of aryl methyl sites for hydroxylation is 1.